The van der Waals surface area contributed by atoms with E-state index in [2.05, 4.69) is 27.7 Å². The fourth-order valence-electron chi connectivity index (χ4n) is 3.59. The van der Waals surface area contributed by atoms with Crippen molar-refractivity contribution >= 4 is 17.5 Å². The highest BCUT2D eigenvalue weighted by molar-refractivity contribution is 5.94. The summed E-state index contributed by atoms with van der Waals surface area (Å²) in [5, 5.41) is 5.86. The van der Waals surface area contributed by atoms with Gasteiger partial charge < -0.3 is 15.5 Å². The van der Waals surface area contributed by atoms with E-state index in [1.165, 1.54) is 31.5 Å². The lowest BCUT2D eigenvalue weighted by atomic mass is 10.0. The molecule has 2 amide bonds. The number of unbranched alkanes of at least 4 members (excludes halogenated alkanes) is 1. The number of nitrogens with zero attached hydrogens (tertiary/aromatic N) is 1. The fourth-order valence-corrected chi connectivity index (χ4v) is 3.59. The standard InChI is InChI=1S/C21H33N3O2/c1-16-14-17(2)21(18(3)15-16)23-20(26)9-8-19(25)22-10-4-5-11-24-12-6-7-13-24/h14-15H,4-13H2,1-3H3,(H,22,25)(H,23,26). The first-order valence-corrected chi connectivity index (χ1v) is 9.82. The number of rotatable bonds is 9. The van der Waals surface area contributed by atoms with Crippen molar-refractivity contribution < 1.29 is 9.59 Å². The molecule has 1 aromatic carbocycles. The third-order valence-corrected chi connectivity index (χ3v) is 4.94. The predicted octanol–water partition coefficient (Wildman–Crippen LogP) is 3.32. The predicted molar refractivity (Wildman–Crippen MR) is 106 cm³/mol. The largest absolute Gasteiger partial charge is 0.356 e. The molecule has 0 spiro atoms. The van der Waals surface area contributed by atoms with E-state index in [4.69, 9.17) is 0 Å². The van der Waals surface area contributed by atoms with Crippen LogP contribution in [0.2, 0.25) is 0 Å². The summed E-state index contributed by atoms with van der Waals surface area (Å²) in [7, 11) is 0. The molecule has 1 heterocycles. The van der Waals surface area contributed by atoms with Gasteiger partial charge in [-0.1, -0.05) is 17.7 Å². The van der Waals surface area contributed by atoms with Crippen molar-refractivity contribution in [2.24, 2.45) is 0 Å². The Labute approximate surface area is 157 Å². The molecule has 26 heavy (non-hydrogen) atoms. The lowest BCUT2D eigenvalue weighted by Gasteiger charge is -2.14. The minimum Gasteiger partial charge on any atom is -0.356 e. The Bertz CT molecular complexity index is 599. The highest BCUT2D eigenvalue weighted by Crippen LogP contribution is 2.22. The Morgan fingerprint density at radius 3 is 2.23 bits per heavy atom. The Hall–Kier alpha value is -1.88. The van der Waals surface area contributed by atoms with Crippen molar-refractivity contribution in [3.63, 3.8) is 0 Å². The number of hydrogen-bond acceptors (Lipinski definition) is 3. The number of nitrogens with one attached hydrogen (secondary N) is 2. The van der Waals surface area contributed by atoms with E-state index >= 15 is 0 Å². The van der Waals surface area contributed by atoms with E-state index in [0.717, 1.165) is 36.2 Å². The molecule has 1 aromatic rings. The van der Waals surface area contributed by atoms with Crippen molar-refractivity contribution in [3.05, 3.63) is 28.8 Å². The maximum Gasteiger partial charge on any atom is 0.224 e. The summed E-state index contributed by atoms with van der Waals surface area (Å²) in [4.78, 5) is 26.5. The highest BCUT2D eigenvalue weighted by Gasteiger charge is 2.12. The van der Waals surface area contributed by atoms with Gasteiger partial charge in [-0.2, -0.15) is 0 Å². The second kappa shape index (κ2) is 10.3. The van der Waals surface area contributed by atoms with Gasteiger partial charge in [0.05, 0.1) is 0 Å². The molecule has 144 valence electrons. The molecule has 0 atom stereocenters. The quantitative estimate of drug-likeness (QED) is 0.665. The monoisotopic (exact) mass is 359 g/mol. The molecule has 0 radical (unpaired) electrons. The Morgan fingerprint density at radius 1 is 0.962 bits per heavy atom. The summed E-state index contributed by atoms with van der Waals surface area (Å²) < 4.78 is 0. The molecule has 1 fully saturated rings. The number of hydrogen-bond donors (Lipinski definition) is 2. The van der Waals surface area contributed by atoms with Gasteiger partial charge in [-0.3, -0.25) is 9.59 Å². The second-order valence-electron chi connectivity index (χ2n) is 7.43. The Kier molecular flexibility index (Phi) is 8.10. The number of carbonyl (C=O) groups is 2. The van der Waals surface area contributed by atoms with Crippen molar-refractivity contribution in [3.8, 4) is 0 Å². The first-order valence-electron chi connectivity index (χ1n) is 9.82. The van der Waals surface area contributed by atoms with Crippen molar-refractivity contribution in [1.29, 1.82) is 0 Å². The van der Waals surface area contributed by atoms with Gasteiger partial charge in [0.15, 0.2) is 0 Å². The summed E-state index contributed by atoms with van der Waals surface area (Å²) in [6, 6.07) is 4.11. The lowest BCUT2D eigenvalue weighted by Crippen LogP contribution is -2.27. The maximum atomic E-state index is 12.1. The van der Waals surface area contributed by atoms with Crippen molar-refractivity contribution in [2.45, 2.75) is 59.3 Å². The molecule has 2 N–H and O–H groups in total. The number of aryl methyl sites for hydroxylation is 3. The van der Waals surface area contributed by atoms with Gasteiger partial charge in [0.1, 0.15) is 0 Å². The van der Waals surface area contributed by atoms with Gasteiger partial charge in [0.2, 0.25) is 11.8 Å². The van der Waals surface area contributed by atoms with E-state index in [-0.39, 0.29) is 24.7 Å². The van der Waals surface area contributed by atoms with Crippen molar-refractivity contribution in [2.75, 3.05) is 31.5 Å². The van der Waals surface area contributed by atoms with Crippen LogP contribution in [-0.2, 0) is 9.59 Å². The smallest absolute Gasteiger partial charge is 0.224 e. The zero-order chi connectivity index (χ0) is 18.9. The van der Waals surface area contributed by atoms with Crippen LogP contribution >= 0.6 is 0 Å². The summed E-state index contributed by atoms with van der Waals surface area (Å²) >= 11 is 0. The molecule has 2 rings (SSSR count). The third-order valence-electron chi connectivity index (χ3n) is 4.94. The summed E-state index contributed by atoms with van der Waals surface area (Å²) in [5.74, 6) is -0.150. The summed E-state index contributed by atoms with van der Waals surface area (Å²) in [6.45, 7) is 10.3. The first-order chi connectivity index (χ1) is 12.5. The van der Waals surface area contributed by atoms with Crippen LogP contribution in [-0.4, -0.2) is 42.9 Å². The summed E-state index contributed by atoms with van der Waals surface area (Å²) in [5.41, 5.74) is 4.15. The van der Waals surface area contributed by atoms with Crippen LogP contribution in [0.4, 0.5) is 5.69 Å². The molecule has 0 aromatic heterocycles. The molecular weight excluding hydrogens is 326 g/mol. The third kappa shape index (κ3) is 6.79. The normalized spacial score (nSPS) is 14.4. The van der Waals surface area contributed by atoms with Crippen LogP contribution in [0, 0.1) is 20.8 Å². The lowest BCUT2D eigenvalue weighted by molar-refractivity contribution is -0.124. The van der Waals surface area contributed by atoms with Crippen LogP contribution < -0.4 is 10.6 Å². The van der Waals surface area contributed by atoms with Crippen LogP contribution in [0.5, 0.6) is 0 Å². The minimum absolute atomic E-state index is 0.0429. The molecule has 0 bridgehead atoms. The van der Waals surface area contributed by atoms with E-state index in [9.17, 15) is 9.59 Å². The number of benzene rings is 1. The van der Waals surface area contributed by atoms with Crippen LogP contribution in [0.25, 0.3) is 0 Å². The molecule has 0 aliphatic carbocycles. The van der Waals surface area contributed by atoms with Gasteiger partial charge in [-0.15, -0.1) is 0 Å². The average Bonchev–Trinajstić information content (AvgIpc) is 3.09. The van der Waals surface area contributed by atoms with Gasteiger partial charge in [0.25, 0.3) is 0 Å². The minimum atomic E-state index is -0.107. The molecule has 0 unspecified atom stereocenters. The summed E-state index contributed by atoms with van der Waals surface area (Å²) in [6.07, 6.45) is 5.21. The van der Waals surface area contributed by atoms with Crippen molar-refractivity contribution in [1.82, 2.24) is 10.2 Å². The zero-order valence-corrected chi connectivity index (χ0v) is 16.5. The average molecular weight is 360 g/mol. The van der Waals surface area contributed by atoms with E-state index < -0.39 is 0 Å². The molecule has 0 saturated carbocycles. The van der Waals surface area contributed by atoms with Gasteiger partial charge in [-0.25, -0.2) is 0 Å². The van der Waals surface area contributed by atoms with Crippen LogP contribution in [0.15, 0.2) is 12.1 Å². The zero-order valence-electron chi connectivity index (χ0n) is 16.5. The number of carbonyl (C=O) groups excluding carboxylic acids is 2. The van der Waals surface area contributed by atoms with Gasteiger partial charge in [-0.05, 0) is 77.2 Å². The number of amides is 2. The molecule has 5 heteroatoms. The highest BCUT2D eigenvalue weighted by atomic mass is 16.2. The van der Waals surface area contributed by atoms with Crippen LogP contribution in [0.1, 0.15) is 55.2 Å². The van der Waals surface area contributed by atoms with E-state index in [0.29, 0.717) is 6.54 Å². The maximum absolute atomic E-state index is 12.1. The van der Waals surface area contributed by atoms with Gasteiger partial charge >= 0.3 is 0 Å². The van der Waals surface area contributed by atoms with E-state index in [1.807, 2.05) is 20.8 Å². The molecule has 1 saturated heterocycles. The molecule has 1 aliphatic rings. The molecular formula is C21H33N3O2. The fraction of sp³-hybridized carbons (Fsp3) is 0.619. The first kappa shape index (κ1) is 20.4. The van der Waals surface area contributed by atoms with Gasteiger partial charge in [0, 0.05) is 25.1 Å². The SMILES string of the molecule is Cc1cc(C)c(NC(=O)CCC(=O)NCCCCN2CCCC2)c(C)c1. The second-order valence-corrected chi connectivity index (χ2v) is 7.43. The Morgan fingerprint density at radius 2 is 1.58 bits per heavy atom. The molecule has 1 aliphatic heterocycles. The number of likely N-dealkylation sites (tertiary alicyclic amines) is 1. The van der Waals surface area contributed by atoms with Crippen LogP contribution in [0.3, 0.4) is 0 Å². The van der Waals surface area contributed by atoms with E-state index in [1.54, 1.807) is 0 Å². The molecule has 5 nitrogen and oxygen atoms in total. The number of anilines is 1. The Balaban J connectivity index is 1.60. The topological polar surface area (TPSA) is 61.4 Å².